The first-order valence-corrected chi connectivity index (χ1v) is 7.16. The lowest BCUT2D eigenvalue weighted by atomic mass is 10.2. The van der Waals surface area contributed by atoms with Crippen LogP contribution in [0.5, 0.6) is 11.5 Å². The molecule has 0 aliphatic rings. The van der Waals surface area contributed by atoms with Gasteiger partial charge in [0, 0.05) is 17.1 Å². The molecule has 19 heavy (non-hydrogen) atoms. The van der Waals surface area contributed by atoms with E-state index in [1.54, 1.807) is 7.11 Å². The van der Waals surface area contributed by atoms with Crippen molar-refractivity contribution < 1.29 is 9.47 Å². The van der Waals surface area contributed by atoms with Crippen LogP contribution in [0.25, 0.3) is 0 Å². The molecule has 0 heterocycles. The van der Waals surface area contributed by atoms with Gasteiger partial charge in [-0.3, -0.25) is 0 Å². The Morgan fingerprint density at radius 1 is 1.16 bits per heavy atom. The summed E-state index contributed by atoms with van der Waals surface area (Å²) in [4.78, 5) is 0. The number of methoxy groups -OCH3 is 1. The molecule has 0 aromatic heterocycles. The highest BCUT2D eigenvalue weighted by Crippen LogP contribution is 2.29. The van der Waals surface area contributed by atoms with Crippen LogP contribution in [-0.2, 0) is 17.2 Å². The first kappa shape index (κ1) is 14.4. The molecule has 0 saturated heterocycles. The third kappa shape index (κ3) is 3.96. The van der Waals surface area contributed by atoms with Crippen molar-refractivity contribution in [2.45, 2.75) is 12.5 Å². The molecule has 0 unspecified atom stereocenters. The zero-order valence-corrected chi connectivity index (χ0v) is 12.9. The lowest BCUT2D eigenvalue weighted by Gasteiger charge is -2.11. The van der Waals surface area contributed by atoms with Crippen LogP contribution in [0, 0.1) is 0 Å². The Hall–Kier alpha value is -1.03. The smallest absolute Gasteiger partial charge is 0.131 e. The first-order chi connectivity index (χ1) is 9.22. The zero-order valence-electron chi connectivity index (χ0n) is 10.5. The molecule has 2 rings (SSSR count). The largest absolute Gasteiger partial charge is 0.457 e. The summed E-state index contributed by atoms with van der Waals surface area (Å²) in [6.07, 6.45) is 0. The molecular weight excluding hydrogens is 328 g/mol. The molecule has 0 spiro atoms. The number of rotatable bonds is 5. The third-order valence-corrected chi connectivity index (χ3v) is 3.38. The minimum atomic E-state index is 0.409. The Morgan fingerprint density at radius 2 is 2.00 bits per heavy atom. The van der Waals surface area contributed by atoms with E-state index < -0.39 is 0 Å². The second-order valence-electron chi connectivity index (χ2n) is 4.07. The number of hydrogen-bond acceptors (Lipinski definition) is 2. The van der Waals surface area contributed by atoms with Gasteiger partial charge in [-0.25, -0.2) is 0 Å². The predicted molar refractivity (Wildman–Crippen MR) is 80.9 cm³/mol. The maximum absolute atomic E-state index is 5.93. The third-order valence-electron chi connectivity index (χ3n) is 2.60. The highest BCUT2D eigenvalue weighted by molar-refractivity contribution is 9.10. The summed E-state index contributed by atoms with van der Waals surface area (Å²) in [6.45, 7) is 0.569. The van der Waals surface area contributed by atoms with Crippen LogP contribution in [-0.4, -0.2) is 7.11 Å². The van der Waals surface area contributed by atoms with Gasteiger partial charge in [0.15, 0.2) is 0 Å². The normalized spacial score (nSPS) is 10.5. The second-order valence-corrected chi connectivity index (χ2v) is 5.25. The summed E-state index contributed by atoms with van der Waals surface area (Å²) >= 11 is 9.35. The Balaban J connectivity index is 2.23. The van der Waals surface area contributed by atoms with E-state index in [-0.39, 0.29) is 0 Å². The van der Waals surface area contributed by atoms with Gasteiger partial charge in [-0.05, 0) is 35.9 Å². The van der Waals surface area contributed by atoms with Gasteiger partial charge in [-0.15, -0.1) is 11.6 Å². The van der Waals surface area contributed by atoms with Gasteiger partial charge >= 0.3 is 0 Å². The fraction of sp³-hybridized carbons (Fsp3) is 0.200. The fourth-order valence-corrected chi connectivity index (χ4v) is 2.36. The summed E-state index contributed by atoms with van der Waals surface area (Å²) in [5.74, 6) is 1.96. The van der Waals surface area contributed by atoms with Crippen molar-refractivity contribution in [3.05, 3.63) is 58.1 Å². The summed E-state index contributed by atoms with van der Waals surface area (Å²) in [5, 5.41) is 0. The summed E-state index contributed by atoms with van der Waals surface area (Å²) in [7, 11) is 1.67. The monoisotopic (exact) mass is 340 g/mol. The fourth-order valence-electron chi connectivity index (χ4n) is 1.74. The van der Waals surface area contributed by atoms with Gasteiger partial charge in [0.1, 0.15) is 11.5 Å². The van der Waals surface area contributed by atoms with Gasteiger partial charge in [-0.2, -0.15) is 0 Å². The lowest BCUT2D eigenvalue weighted by molar-refractivity contribution is 0.184. The van der Waals surface area contributed by atoms with E-state index >= 15 is 0 Å². The SMILES string of the molecule is COCc1cccc(Oc2ccc(Br)cc2CCl)c1. The Kier molecular flexibility index (Phi) is 5.25. The van der Waals surface area contributed by atoms with Gasteiger partial charge < -0.3 is 9.47 Å². The maximum atomic E-state index is 5.93. The van der Waals surface area contributed by atoms with Crippen LogP contribution in [0.3, 0.4) is 0 Å². The van der Waals surface area contributed by atoms with E-state index in [0.717, 1.165) is 27.1 Å². The molecule has 0 aliphatic carbocycles. The number of halogens is 2. The number of hydrogen-bond donors (Lipinski definition) is 0. The predicted octanol–water partition coefficient (Wildman–Crippen LogP) is 5.13. The standard InChI is InChI=1S/C15H14BrClO2/c1-18-10-11-3-2-4-14(7-11)19-15-6-5-13(16)8-12(15)9-17/h2-8H,9-10H2,1H3. The van der Waals surface area contributed by atoms with E-state index in [9.17, 15) is 0 Å². The molecule has 0 atom stereocenters. The molecule has 0 radical (unpaired) electrons. The summed E-state index contributed by atoms with van der Waals surface area (Å²) in [5.41, 5.74) is 2.03. The number of benzene rings is 2. The molecule has 0 aliphatic heterocycles. The highest BCUT2D eigenvalue weighted by Gasteiger charge is 2.05. The number of alkyl halides is 1. The van der Waals surface area contributed by atoms with Crippen molar-refractivity contribution in [1.29, 1.82) is 0 Å². The van der Waals surface area contributed by atoms with Crippen molar-refractivity contribution in [1.82, 2.24) is 0 Å². The van der Waals surface area contributed by atoms with Gasteiger partial charge in [0.25, 0.3) is 0 Å². The molecule has 0 fully saturated rings. The molecule has 2 aromatic rings. The minimum absolute atomic E-state index is 0.409. The first-order valence-electron chi connectivity index (χ1n) is 5.83. The van der Waals surface area contributed by atoms with Crippen molar-refractivity contribution in [3.8, 4) is 11.5 Å². The molecule has 0 saturated carbocycles. The maximum Gasteiger partial charge on any atom is 0.131 e. The Morgan fingerprint density at radius 3 is 2.74 bits per heavy atom. The average molecular weight is 342 g/mol. The second kappa shape index (κ2) is 6.94. The van der Waals surface area contributed by atoms with Crippen molar-refractivity contribution in [2.75, 3.05) is 7.11 Å². The quantitative estimate of drug-likeness (QED) is 0.702. The molecule has 0 N–H and O–H groups in total. The van der Waals surface area contributed by atoms with E-state index in [4.69, 9.17) is 21.1 Å². The molecule has 0 amide bonds. The van der Waals surface area contributed by atoms with Crippen molar-refractivity contribution >= 4 is 27.5 Å². The topological polar surface area (TPSA) is 18.5 Å². The van der Waals surface area contributed by atoms with Crippen LogP contribution in [0.4, 0.5) is 0 Å². The Labute approximate surface area is 126 Å². The van der Waals surface area contributed by atoms with Crippen molar-refractivity contribution in [3.63, 3.8) is 0 Å². The van der Waals surface area contributed by atoms with Crippen LogP contribution in [0.2, 0.25) is 0 Å². The molecule has 2 nitrogen and oxygen atoms in total. The van der Waals surface area contributed by atoms with E-state index in [1.807, 2.05) is 42.5 Å². The van der Waals surface area contributed by atoms with Crippen molar-refractivity contribution in [2.24, 2.45) is 0 Å². The van der Waals surface area contributed by atoms with E-state index in [1.165, 1.54) is 0 Å². The minimum Gasteiger partial charge on any atom is -0.457 e. The lowest BCUT2D eigenvalue weighted by Crippen LogP contribution is -1.92. The summed E-state index contributed by atoms with van der Waals surface area (Å²) < 4.78 is 12.0. The van der Waals surface area contributed by atoms with E-state index in [0.29, 0.717) is 12.5 Å². The molecule has 100 valence electrons. The van der Waals surface area contributed by atoms with Crippen LogP contribution in [0.1, 0.15) is 11.1 Å². The zero-order chi connectivity index (χ0) is 13.7. The van der Waals surface area contributed by atoms with Crippen LogP contribution >= 0.6 is 27.5 Å². The molecular formula is C15H14BrClO2. The molecule has 2 aromatic carbocycles. The van der Waals surface area contributed by atoms with Gasteiger partial charge in [0.2, 0.25) is 0 Å². The van der Waals surface area contributed by atoms with Gasteiger partial charge in [0.05, 0.1) is 12.5 Å². The molecule has 4 heteroatoms. The van der Waals surface area contributed by atoms with Crippen LogP contribution in [0.15, 0.2) is 46.9 Å². The molecule has 0 bridgehead atoms. The Bertz CT molecular complexity index is 558. The average Bonchev–Trinajstić information content (AvgIpc) is 2.41. The highest BCUT2D eigenvalue weighted by atomic mass is 79.9. The van der Waals surface area contributed by atoms with Crippen LogP contribution < -0.4 is 4.74 Å². The van der Waals surface area contributed by atoms with Gasteiger partial charge in [-0.1, -0.05) is 28.1 Å². The summed E-state index contributed by atoms with van der Waals surface area (Å²) in [6, 6.07) is 13.6. The number of ether oxygens (including phenoxy) is 2. The van der Waals surface area contributed by atoms with E-state index in [2.05, 4.69) is 15.9 Å².